The number of benzene rings is 2. The number of rotatable bonds is 3. The summed E-state index contributed by atoms with van der Waals surface area (Å²) in [5.74, 6) is -5.12. The monoisotopic (exact) mass is 450 g/mol. The van der Waals surface area contributed by atoms with Gasteiger partial charge in [0.25, 0.3) is 0 Å². The molecule has 8 heteroatoms. The molecule has 2 saturated heterocycles. The Kier molecular flexibility index (Phi) is 6.02. The number of piperidine rings is 1. The van der Waals surface area contributed by atoms with Crippen LogP contribution in [0.3, 0.4) is 0 Å². The van der Waals surface area contributed by atoms with E-state index in [1.807, 2.05) is 0 Å². The van der Waals surface area contributed by atoms with Gasteiger partial charge < -0.3 is 15.3 Å². The first-order valence-corrected chi connectivity index (χ1v) is 10.7. The van der Waals surface area contributed by atoms with Gasteiger partial charge in [-0.3, -0.25) is 4.79 Å². The molecule has 1 unspecified atom stereocenters. The fourth-order valence-corrected chi connectivity index (χ4v) is 5.33. The number of aliphatic hydroxyl groups is 1. The van der Waals surface area contributed by atoms with Gasteiger partial charge in [0.15, 0.2) is 0 Å². The number of nitrogens with one attached hydrogen (secondary N) is 1. The number of carbonyl (C=O) groups excluding carboxylic acids is 1. The van der Waals surface area contributed by atoms with Gasteiger partial charge in [0.1, 0.15) is 28.9 Å². The number of hydrogen-bond acceptors (Lipinski definition) is 3. The normalized spacial score (nSPS) is 30.5. The van der Waals surface area contributed by atoms with Gasteiger partial charge in [-0.05, 0) is 17.7 Å². The summed E-state index contributed by atoms with van der Waals surface area (Å²) in [6.45, 7) is 4.54. The number of nitrogens with zero attached hydrogens (tertiary/aromatic N) is 1. The van der Waals surface area contributed by atoms with Crippen molar-refractivity contribution in [3.05, 3.63) is 70.8 Å². The second-order valence-electron chi connectivity index (χ2n) is 9.03. The summed E-state index contributed by atoms with van der Waals surface area (Å²) in [4.78, 5) is 15.0. The highest BCUT2D eigenvalue weighted by molar-refractivity contribution is 5.81. The van der Waals surface area contributed by atoms with Crippen molar-refractivity contribution in [2.45, 2.75) is 25.4 Å². The molecule has 2 aliphatic heterocycles. The number of hydrogen-bond donors (Lipinski definition) is 2. The van der Waals surface area contributed by atoms with E-state index in [4.69, 9.17) is 0 Å². The van der Waals surface area contributed by atoms with Crippen molar-refractivity contribution >= 4 is 5.91 Å². The van der Waals surface area contributed by atoms with E-state index in [-0.39, 0.29) is 30.1 Å². The van der Waals surface area contributed by atoms with Crippen molar-refractivity contribution in [2.75, 3.05) is 26.2 Å². The Hall–Kier alpha value is -2.45. The molecule has 32 heavy (non-hydrogen) atoms. The minimum Gasteiger partial charge on any atom is -0.384 e. The zero-order chi connectivity index (χ0) is 23.2. The second-order valence-corrected chi connectivity index (χ2v) is 9.03. The summed E-state index contributed by atoms with van der Waals surface area (Å²) in [6, 6.07) is 6.48. The Balaban J connectivity index is 1.56. The molecule has 4 nitrogen and oxygen atoms in total. The van der Waals surface area contributed by atoms with Crippen LogP contribution in [-0.2, 0) is 10.4 Å². The van der Waals surface area contributed by atoms with Crippen LogP contribution in [0.2, 0.25) is 0 Å². The molecule has 2 aromatic carbocycles. The first kappa shape index (κ1) is 22.7. The highest BCUT2D eigenvalue weighted by atomic mass is 19.1. The molecule has 4 rings (SSSR count). The van der Waals surface area contributed by atoms with Crippen LogP contribution in [-0.4, -0.2) is 42.1 Å². The van der Waals surface area contributed by atoms with E-state index < -0.39 is 52.5 Å². The van der Waals surface area contributed by atoms with Crippen molar-refractivity contribution in [2.24, 2.45) is 17.8 Å². The van der Waals surface area contributed by atoms with Gasteiger partial charge in [0.2, 0.25) is 5.91 Å². The lowest BCUT2D eigenvalue weighted by atomic mass is 9.70. The largest absolute Gasteiger partial charge is 0.384 e. The van der Waals surface area contributed by atoms with Crippen LogP contribution in [0.5, 0.6) is 0 Å². The van der Waals surface area contributed by atoms with Gasteiger partial charge in [0, 0.05) is 61.6 Å². The van der Waals surface area contributed by atoms with Gasteiger partial charge >= 0.3 is 0 Å². The number of carbonyl (C=O) groups is 1. The maximum absolute atomic E-state index is 14.5. The average molecular weight is 450 g/mol. The standard InChI is InChI=1S/C24H26F4N2O2/c1-13-11-30(12-14(2)24(13,32)20-6-4-16(26)8-22(20)28)23(31)19-10-29-9-18(19)17-5-3-15(25)7-21(17)27/h3-8,13-14,18-19,29,32H,9-12H2,1-2H3/t13-,14+,18-,19+,24?/m0/s1. The fourth-order valence-electron chi connectivity index (χ4n) is 5.33. The minimum absolute atomic E-state index is 0.0137. The lowest BCUT2D eigenvalue weighted by Crippen LogP contribution is -2.57. The highest BCUT2D eigenvalue weighted by Crippen LogP contribution is 2.43. The molecular formula is C24H26F4N2O2. The topological polar surface area (TPSA) is 52.6 Å². The van der Waals surface area contributed by atoms with E-state index in [0.717, 1.165) is 18.2 Å². The van der Waals surface area contributed by atoms with E-state index in [2.05, 4.69) is 5.32 Å². The van der Waals surface area contributed by atoms with Gasteiger partial charge in [-0.2, -0.15) is 0 Å². The zero-order valence-electron chi connectivity index (χ0n) is 17.9. The van der Waals surface area contributed by atoms with Crippen molar-refractivity contribution in [1.82, 2.24) is 10.2 Å². The summed E-state index contributed by atoms with van der Waals surface area (Å²) in [6.07, 6.45) is 0. The molecule has 172 valence electrons. The van der Waals surface area contributed by atoms with Crippen LogP contribution in [0.15, 0.2) is 36.4 Å². The molecule has 2 N–H and O–H groups in total. The molecule has 0 aromatic heterocycles. The Morgan fingerprint density at radius 2 is 1.56 bits per heavy atom. The van der Waals surface area contributed by atoms with Gasteiger partial charge in [0.05, 0.1) is 5.92 Å². The van der Waals surface area contributed by atoms with Crippen molar-refractivity contribution in [3.8, 4) is 0 Å². The maximum atomic E-state index is 14.5. The molecule has 0 aliphatic carbocycles. The van der Waals surface area contributed by atoms with Crippen molar-refractivity contribution in [1.29, 1.82) is 0 Å². The number of halogens is 4. The number of likely N-dealkylation sites (tertiary alicyclic amines) is 1. The molecule has 2 aliphatic rings. The molecule has 5 atom stereocenters. The van der Waals surface area contributed by atoms with Crippen LogP contribution in [0.4, 0.5) is 17.6 Å². The third-order valence-corrected chi connectivity index (χ3v) is 7.06. The van der Waals surface area contributed by atoms with Gasteiger partial charge in [-0.1, -0.05) is 26.0 Å². The predicted octanol–water partition coefficient (Wildman–Crippen LogP) is 3.55. The fraction of sp³-hybridized carbons (Fsp3) is 0.458. The van der Waals surface area contributed by atoms with E-state index in [1.54, 1.807) is 18.7 Å². The van der Waals surface area contributed by atoms with Crippen LogP contribution < -0.4 is 5.32 Å². The predicted molar refractivity (Wildman–Crippen MR) is 111 cm³/mol. The SMILES string of the molecule is C[C@@H]1CN(C(=O)[C@@H]2CNC[C@H]2c2ccc(F)cc2F)C[C@H](C)C1(O)c1ccc(F)cc1F. The first-order valence-electron chi connectivity index (χ1n) is 10.7. The Labute approximate surface area is 184 Å². The number of amides is 1. The third-order valence-electron chi connectivity index (χ3n) is 7.06. The Morgan fingerprint density at radius 3 is 2.16 bits per heavy atom. The lowest BCUT2D eigenvalue weighted by Gasteiger charge is -2.48. The van der Waals surface area contributed by atoms with E-state index >= 15 is 0 Å². The quantitative estimate of drug-likeness (QED) is 0.704. The third kappa shape index (κ3) is 3.79. The molecule has 2 fully saturated rings. The van der Waals surface area contributed by atoms with Crippen molar-refractivity contribution < 1.29 is 27.5 Å². The molecule has 1 amide bonds. The Morgan fingerprint density at radius 1 is 0.969 bits per heavy atom. The maximum Gasteiger partial charge on any atom is 0.227 e. The molecule has 0 saturated carbocycles. The summed E-state index contributed by atoms with van der Waals surface area (Å²) >= 11 is 0. The zero-order valence-corrected chi connectivity index (χ0v) is 17.9. The summed E-state index contributed by atoms with van der Waals surface area (Å²) in [5, 5.41) is 14.5. The van der Waals surface area contributed by atoms with Crippen LogP contribution in [0.1, 0.15) is 30.9 Å². The second kappa shape index (κ2) is 8.48. The lowest BCUT2D eigenvalue weighted by molar-refractivity contribution is -0.153. The van der Waals surface area contributed by atoms with Gasteiger partial charge in [-0.25, -0.2) is 17.6 Å². The minimum atomic E-state index is -1.56. The van der Waals surface area contributed by atoms with E-state index in [0.29, 0.717) is 13.1 Å². The van der Waals surface area contributed by atoms with Crippen molar-refractivity contribution in [3.63, 3.8) is 0 Å². The average Bonchev–Trinajstić information content (AvgIpc) is 3.20. The molecule has 0 spiro atoms. The molecular weight excluding hydrogens is 424 g/mol. The summed E-state index contributed by atoms with van der Waals surface area (Å²) in [5.41, 5.74) is -1.26. The van der Waals surface area contributed by atoms with E-state index in [1.165, 1.54) is 18.2 Å². The molecule has 2 aromatic rings. The molecule has 0 radical (unpaired) electrons. The van der Waals surface area contributed by atoms with Crippen LogP contribution in [0, 0.1) is 41.0 Å². The first-order chi connectivity index (χ1) is 15.1. The summed E-state index contributed by atoms with van der Waals surface area (Å²) < 4.78 is 55.6. The van der Waals surface area contributed by atoms with Crippen LogP contribution >= 0.6 is 0 Å². The highest BCUT2D eigenvalue weighted by Gasteiger charge is 2.49. The molecule has 0 bridgehead atoms. The van der Waals surface area contributed by atoms with Gasteiger partial charge in [-0.15, -0.1) is 0 Å². The van der Waals surface area contributed by atoms with E-state index in [9.17, 15) is 27.5 Å². The molecule has 2 heterocycles. The summed E-state index contributed by atoms with van der Waals surface area (Å²) in [7, 11) is 0. The Bertz CT molecular complexity index is 1020. The van der Waals surface area contributed by atoms with Crippen LogP contribution in [0.25, 0.3) is 0 Å². The smallest absolute Gasteiger partial charge is 0.227 e.